The summed E-state index contributed by atoms with van der Waals surface area (Å²) in [7, 11) is 2.11. The zero-order valence-electron chi connectivity index (χ0n) is 15.8. The van der Waals surface area contributed by atoms with E-state index in [1.54, 1.807) is 6.20 Å². The van der Waals surface area contributed by atoms with E-state index in [4.69, 9.17) is 9.47 Å². The zero-order valence-corrected chi connectivity index (χ0v) is 16.8. The molecule has 1 aliphatic carbocycles. The Kier molecular flexibility index (Phi) is 6.17. The molecule has 2 radical (unpaired) electrons. The van der Waals surface area contributed by atoms with Gasteiger partial charge in [-0.05, 0) is 30.9 Å². The summed E-state index contributed by atoms with van der Waals surface area (Å²) in [6.45, 7) is 1.20. The molecule has 0 aliphatic heterocycles. The molecule has 1 fully saturated rings. The van der Waals surface area contributed by atoms with Crippen molar-refractivity contribution in [1.82, 2.24) is 4.57 Å². The molecule has 2 aromatic rings. The van der Waals surface area contributed by atoms with Crippen LogP contribution in [0.2, 0.25) is 6.04 Å². The molecule has 0 spiro atoms. The van der Waals surface area contributed by atoms with E-state index < -0.39 is 18.3 Å². The maximum atomic E-state index is 12.5. The number of alkyl halides is 3. The number of benzene rings is 1. The zero-order chi connectivity index (χ0) is 20.3. The Balaban J connectivity index is 1.98. The van der Waals surface area contributed by atoms with Gasteiger partial charge in [-0.25, -0.2) is 0 Å². The summed E-state index contributed by atoms with van der Waals surface area (Å²) in [6.07, 6.45) is -0.609. The second kappa shape index (κ2) is 8.42. The minimum atomic E-state index is -4.51. The minimum absolute atomic E-state index is 0.325. The SMILES string of the molecule is CC[Si]c1ccc(OCC2CC2)c(-c2cc(OCC(F)(F)F)c(=O)n(C)c2)c1. The molecule has 1 aromatic heterocycles. The van der Waals surface area contributed by atoms with Crippen LogP contribution in [-0.2, 0) is 7.05 Å². The monoisotopic (exact) mass is 409 g/mol. The highest BCUT2D eigenvalue weighted by Gasteiger charge is 2.29. The first kappa shape index (κ1) is 20.5. The van der Waals surface area contributed by atoms with Gasteiger partial charge in [-0.3, -0.25) is 4.79 Å². The predicted octanol–water partition coefficient (Wildman–Crippen LogP) is 3.55. The van der Waals surface area contributed by atoms with Crippen LogP contribution in [-0.4, -0.2) is 33.5 Å². The molecule has 0 atom stereocenters. The number of hydrogen-bond donors (Lipinski definition) is 0. The third-order valence-corrected chi connectivity index (χ3v) is 5.46. The van der Waals surface area contributed by atoms with E-state index in [1.807, 2.05) is 18.2 Å². The molecule has 0 saturated heterocycles. The molecular formula is C20H22F3NO3Si. The topological polar surface area (TPSA) is 40.5 Å². The fourth-order valence-electron chi connectivity index (χ4n) is 2.78. The average Bonchev–Trinajstić information content (AvgIpc) is 3.45. The van der Waals surface area contributed by atoms with Crippen LogP contribution in [0.1, 0.15) is 19.8 Å². The van der Waals surface area contributed by atoms with Gasteiger partial charge in [-0.1, -0.05) is 30.3 Å². The van der Waals surface area contributed by atoms with Crippen LogP contribution in [0.25, 0.3) is 11.1 Å². The van der Waals surface area contributed by atoms with Crippen molar-refractivity contribution in [1.29, 1.82) is 0 Å². The first-order valence-corrected chi connectivity index (χ1v) is 10.4. The second-order valence-corrected chi connectivity index (χ2v) is 8.55. The van der Waals surface area contributed by atoms with Crippen LogP contribution >= 0.6 is 0 Å². The molecule has 1 saturated carbocycles. The summed E-state index contributed by atoms with van der Waals surface area (Å²) in [4.78, 5) is 12.2. The summed E-state index contributed by atoms with van der Waals surface area (Å²) in [6, 6.07) is 8.26. The molecule has 150 valence electrons. The van der Waals surface area contributed by atoms with E-state index in [2.05, 4.69) is 6.92 Å². The Morgan fingerprint density at radius 3 is 2.57 bits per heavy atom. The van der Waals surface area contributed by atoms with Gasteiger partial charge in [-0.2, -0.15) is 13.2 Å². The van der Waals surface area contributed by atoms with Crippen LogP contribution in [0.5, 0.6) is 11.5 Å². The summed E-state index contributed by atoms with van der Waals surface area (Å²) < 4.78 is 49.6. The molecule has 0 N–H and O–H groups in total. The Hall–Kier alpha value is -2.22. The molecule has 28 heavy (non-hydrogen) atoms. The van der Waals surface area contributed by atoms with Crippen molar-refractivity contribution in [3.8, 4) is 22.6 Å². The third-order valence-electron chi connectivity index (χ3n) is 4.38. The number of aryl methyl sites for hydroxylation is 1. The van der Waals surface area contributed by atoms with E-state index >= 15 is 0 Å². The third kappa shape index (κ3) is 5.40. The number of nitrogens with zero attached hydrogens (tertiary/aromatic N) is 1. The smallest absolute Gasteiger partial charge is 0.422 e. The van der Waals surface area contributed by atoms with Crippen molar-refractivity contribution in [2.75, 3.05) is 13.2 Å². The second-order valence-electron chi connectivity index (χ2n) is 6.91. The quantitative estimate of drug-likeness (QED) is 0.626. The van der Waals surface area contributed by atoms with Gasteiger partial charge >= 0.3 is 6.18 Å². The first-order chi connectivity index (χ1) is 13.3. The lowest BCUT2D eigenvalue weighted by molar-refractivity contribution is -0.153. The Morgan fingerprint density at radius 2 is 1.93 bits per heavy atom. The van der Waals surface area contributed by atoms with E-state index in [-0.39, 0.29) is 5.75 Å². The molecular weight excluding hydrogens is 387 g/mol. The van der Waals surface area contributed by atoms with Crippen molar-refractivity contribution in [3.05, 3.63) is 40.8 Å². The molecule has 1 aliphatic rings. The van der Waals surface area contributed by atoms with Gasteiger partial charge in [0.05, 0.1) is 16.1 Å². The van der Waals surface area contributed by atoms with Crippen LogP contribution in [0, 0.1) is 5.92 Å². The highest BCUT2D eigenvalue weighted by Crippen LogP contribution is 2.34. The van der Waals surface area contributed by atoms with Crippen molar-refractivity contribution in [2.45, 2.75) is 32.0 Å². The van der Waals surface area contributed by atoms with Crippen LogP contribution in [0.3, 0.4) is 0 Å². The van der Waals surface area contributed by atoms with Crippen molar-refractivity contribution in [2.24, 2.45) is 13.0 Å². The fraction of sp³-hybridized carbons (Fsp3) is 0.450. The maximum absolute atomic E-state index is 12.5. The van der Waals surface area contributed by atoms with E-state index in [0.29, 0.717) is 33.4 Å². The summed E-state index contributed by atoms with van der Waals surface area (Å²) >= 11 is 0. The summed E-state index contributed by atoms with van der Waals surface area (Å²) in [5.41, 5.74) is 0.736. The van der Waals surface area contributed by atoms with Crippen molar-refractivity contribution >= 4 is 14.7 Å². The summed E-state index contributed by atoms with van der Waals surface area (Å²) in [5, 5.41) is 1.13. The Labute approximate surface area is 164 Å². The number of halogens is 3. The number of pyridine rings is 1. The number of rotatable bonds is 8. The molecule has 8 heteroatoms. The van der Waals surface area contributed by atoms with E-state index in [0.717, 1.165) is 29.6 Å². The van der Waals surface area contributed by atoms with Gasteiger partial charge in [-0.15, -0.1) is 0 Å². The normalized spacial score (nSPS) is 14.2. The molecule has 0 unspecified atom stereocenters. The van der Waals surface area contributed by atoms with Gasteiger partial charge in [0.25, 0.3) is 5.56 Å². The molecule has 0 bridgehead atoms. The fourth-order valence-corrected chi connectivity index (χ4v) is 3.64. The number of ether oxygens (including phenoxy) is 2. The molecule has 0 amide bonds. The largest absolute Gasteiger partial charge is 0.493 e. The number of aromatic nitrogens is 1. The lowest BCUT2D eigenvalue weighted by Crippen LogP contribution is -2.25. The van der Waals surface area contributed by atoms with E-state index in [1.165, 1.54) is 17.7 Å². The Bertz CT molecular complexity index is 891. The summed E-state index contributed by atoms with van der Waals surface area (Å²) in [5.74, 6) is 0.904. The molecule has 4 nitrogen and oxygen atoms in total. The van der Waals surface area contributed by atoms with Crippen molar-refractivity contribution in [3.63, 3.8) is 0 Å². The van der Waals surface area contributed by atoms with Gasteiger partial charge in [0.2, 0.25) is 0 Å². The van der Waals surface area contributed by atoms with Crippen molar-refractivity contribution < 1.29 is 22.6 Å². The van der Waals surface area contributed by atoms with Gasteiger partial charge < -0.3 is 14.0 Å². The van der Waals surface area contributed by atoms with E-state index in [9.17, 15) is 18.0 Å². The number of hydrogen-bond acceptors (Lipinski definition) is 3. The lowest BCUT2D eigenvalue weighted by Gasteiger charge is -2.16. The average molecular weight is 409 g/mol. The minimum Gasteiger partial charge on any atom is -0.493 e. The highest BCUT2D eigenvalue weighted by molar-refractivity contribution is 6.53. The maximum Gasteiger partial charge on any atom is 0.422 e. The highest BCUT2D eigenvalue weighted by atomic mass is 28.2. The van der Waals surface area contributed by atoms with Gasteiger partial charge in [0.15, 0.2) is 12.4 Å². The van der Waals surface area contributed by atoms with Gasteiger partial charge in [0, 0.05) is 24.4 Å². The van der Waals surface area contributed by atoms with Gasteiger partial charge in [0.1, 0.15) is 5.75 Å². The lowest BCUT2D eigenvalue weighted by atomic mass is 10.1. The standard InChI is InChI=1S/C20H22F3NO3Si/c1-3-28-15-6-7-17(26-11-13-4-5-13)16(9-15)14-8-18(19(25)24(2)10-14)27-12-20(21,22)23/h6-10,13H,3-5,11-12H2,1-2H3. The van der Waals surface area contributed by atoms with Crippen LogP contribution in [0.4, 0.5) is 13.2 Å². The predicted molar refractivity (Wildman–Crippen MR) is 103 cm³/mol. The van der Waals surface area contributed by atoms with Crippen LogP contribution in [0.15, 0.2) is 35.3 Å². The Morgan fingerprint density at radius 1 is 1.18 bits per heavy atom. The molecule has 1 aromatic carbocycles. The molecule has 1 heterocycles. The molecule has 3 rings (SSSR count). The first-order valence-electron chi connectivity index (χ1n) is 9.18. The van der Waals surface area contributed by atoms with Crippen LogP contribution < -0.4 is 20.2 Å².